The quantitative estimate of drug-likeness (QED) is 0.499. The maximum Gasteiger partial charge on any atom is 0.488 e. The van der Waals surface area contributed by atoms with Gasteiger partial charge in [0.05, 0.1) is 0 Å². The van der Waals surface area contributed by atoms with Crippen LogP contribution < -0.4 is 11.2 Å². The van der Waals surface area contributed by atoms with Gasteiger partial charge in [-0.2, -0.15) is 0 Å². The van der Waals surface area contributed by atoms with Crippen LogP contribution in [0.5, 0.6) is 0 Å². The zero-order chi connectivity index (χ0) is 9.14. The highest BCUT2D eigenvalue weighted by molar-refractivity contribution is 6.59. The maximum atomic E-state index is 8.94. The molecule has 0 amide bonds. The van der Waals surface area contributed by atoms with Crippen LogP contribution in [0.3, 0.4) is 0 Å². The summed E-state index contributed by atoms with van der Waals surface area (Å²) in [4.78, 5) is 0. The summed E-state index contributed by atoms with van der Waals surface area (Å²) < 4.78 is 0. The topological polar surface area (TPSA) is 66.5 Å². The molecule has 0 aliphatic heterocycles. The molecule has 0 atom stereocenters. The molecule has 0 radical (unpaired) electrons. The molecule has 0 fully saturated rings. The fourth-order valence-electron chi connectivity index (χ4n) is 1.10. The van der Waals surface area contributed by atoms with E-state index in [-0.39, 0.29) is 0 Å². The van der Waals surface area contributed by atoms with Crippen molar-refractivity contribution in [1.29, 1.82) is 0 Å². The van der Waals surface area contributed by atoms with Gasteiger partial charge in [0.2, 0.25) is 0 Å². The summed E-state index contributed by atoms with van der Waals surface area (Å²) in [5.41, 5.74) is 7.70. The molecule has 3 nitrogen and oxygen atoms in total. The summed E-state index contributed by atoms with van der Waals surface area (Å²) in [6.45, 7) is 2.25. The first-order chi connectivity index (χ1) is 5.65. The van der Waals surface area contributed by atoms with Gasteiger partial charge in [0.15, 0.2) is 0 Å². The molecule has 0 unspecified atom stereocenters. The van der Waals surface area contributed by atoms with Gasteiger partial charge in [0, 0.05) is 6.54 Å². The van der Waals surface area contributed by atoms with E-state index in [1.54, 1.807) is 6.07 Å². The van der Waals surface area contributed by atoms with Crippen molar-refractivity contribution in [2.24, 2.45) is 5.73 Å². The average Bonchev–Trinajstić information content (AvgIpc) is 2.05. The first kappa shape index (κ1) is 9.25. The molecule has 0 heterocycles. The molecule has 4 N–H and O–H groups in total. The van der Waals surface area contributed by atoms with Crippen molar-refractivity contribution < 1.29 is 10.0 Å². The second-order valence-corrected chi connectivity index (χ2v) is 2.77. The summed E-state index contributed by atoms with van der Waals surface area (Å²) in [6, 6.07) is 5.41. The van der Waals surface area contributed by atoms with Gasteiger partial charge in [0.25, 0.3) is 0 Å². The Hall–Kier alpha value is -0.835. The zero-order valence-corrected chi connectivity index (χ0v) is 6.99. The highest BCUT2D eigenvalue weighted by atomic mass is 16.4. The molecule has 1 aromatic carbocycles. The van der Waals surface area contributed by atoms with Crippen LogP contribution in [0.4, 0.5) is 0 Å². The van der Waals surface area contributed by atoms with Crippen molar-refractivity contribution in [2.75, 3.05) is 0 Å². The van der Waals surface area contributed by atoms with Crippen molar-refractivity contribution in [3.8, 4) is 0 Å². The summed E-state index contributed by atoms with van der Waals surface area (Å²) in [5.74, 6) is 0. The summed E-state index contributed by atoms with van der Waals surface area (Å²) in [6.07, 6.45) is 0. The minimum absolute atomic E-state index is 0.417. The van der Waals surface area contributed by atoms with Crippen LogP contribution in [0.25, 0.3) is 0 Å². The molecule has 1 rings (SSSR count). The highest BCUT2D eigenvalue weighted by Gasteiger charge is 2.13. The van der Waals surface area contributed by atoms with E-state index < -0.39 is 7.12 Å². The fourth-order valence-corrected chi connectivity index (χ4v) is 1.10. The Labute approximate surface area is 72.0 Å². The largest absolute Gasteiger partial charge is 0.488 e. The van der Waals surface area contributed by atoms with Crippen molar-refractivity contribution in [1.82, 2.24) is 0 Å². The first-order valence-electron chi connectivity index (χ1n) is 3.80. The third-order valence-corrected chi connectivity index (χ3v) is 1.86. The Morgan fingerprint density at radius 3 is 2.58 bits per heavy atom. The third kappa shape index (κ3) is 1.85. The second kappa shape index (κ2) is 3.71. The van der Waals surface area contributed by atoms with Gasteiger partial charge >= 0.3 is 7.12 Å². The van der Waals surface area contributed by atoms with E-state index in [0.717, 1.165) is 11.1 Å². The van der Waals surface area contributed by atoms with Gasteiger partial charge < -0.3 is 15.8 Å². The van der Waals surface area contributed by atoms with Crippen molar-refractivity contribution in [3.63, 3.8) is 0 Å². The van der Waals surface area contributed by atoms with E-state index >= 15 is 0 Å². The highest BCUT2D eigenvalue weighted by Crippen LogP contribution is 2.00. The molecular formula is C8H12BNO2. The normalized spacial score (nSPS) is 10.0. The standard InChI is InChI=1S/C8H12BNO2/c1-6-2-3-7(5-10)4-8(6)9(11)12/h2-4,11-12H,5,10H2,1H3. The Morgan fingerprint density at radius 2 is 2.08 bits per heavy atom. The first-order valence-corrected chi connectivity index (χ1v) is 3.80. The Morgan fingerprint density at radius 1 is 1.42 bits per heavy atom. The van der Waals surface area contributed by atoms with Gasteiger partial charge in [-0.05, 0) is 17.9 Å². The van der Waals surface area contributed by atoms with E-state index in [1.807, 2.05) is 19.1 Å². The Kier molecular flexibility index (Phi) is 2.86. The van der Waals surface area contributed by atoms with Gasteiger partial charge in [-0.25, -0.2) is 0 Å². The number of hydrogen-bond donors (Lipinski definition) is 3. The van der Waals surface area contributed by atoms with Gasteiger partial charge in [-0.15, -0.1) is 0 Å². The molecule has 1 aromatic rings. The van der Waals surface area contributed by atoms with E-state index in [0.29, 0.717) is 12.0 Å². The van der Waals surface area contributed by atoms with Crippen LogP contribution in [0.1, 0.15) is 11.1 Å². The van der Waals surface area contributed by atoms with Gasteiger partial charge in [-0.1, -0.05) is 23.8 Å². The van der Waals surface area contributed by atoms with Crippen LogP contribution in [-0.2, 0) is 6.54 Å². The van der Waals surface area contributed by atoms with Crippen molar-refractivity contribution in [2.45, 2.75) is 13.5 Å². The molecule has 0 aliphatic rings. The molecule has 0 aromatic heterocycles. The lowest BCUT2D eigenvalue weighted by atomic mass is 9.76. The van der Waals surface area contributed by atoms with Crippen LogP contribution in [-0.4, -0.2) is 17.2 Å². The number of nitrogens with two attached hydrogens (primary N) is 1. The Balaban J connectivity index is 3.08. The monoisotopic (exact) mass is 165 g/mol. The minimum atomic E-state index is -1.41. The van der Waals surface area contributed by atoms with E-state index in [1.165, 1.54) is 0 Å². The lowest BCUT2D eigenvalue weighted by molar-refractivity contribution is 0.425. The van der Waals surface area contributed by atoms with Crippen molar-refractivity contribution >= 4 is 12.6 Å². The molecular weight excluding hydrogens is 153 g/mol. The van der Waals surface area contributed by atoms with Crippen LogP contribution in [0, 0.1) is 6.92 Å². The molecule has 0 saturated heterocycles. The molecule has 0 bridgehead atoms. The fraction of sp³-hybridized carbons (Fsp3) is 0.250. The number of rotatable bonds is 2. The molecule has 0 spiro atoms. The average molecular weight is 165 g/mol. The minimum Gasteiger partial charge on any atom is -0.423 e. The Bertz CT molecular complexity index is 276. The molecule has 64 valence electrons. The van der Waals surface area contributed by atoms with Crippen LogP contribution in [0.15, 0.2) is 18.2 Å². The van der Waals surface area contributed by atoms with E-state index in [4.69, 9.17) is 15.8 Å². The smallest absolute Gasteiger partial charge is 0.423 e. The van der Waals surface area contributed by atoms with E-state index in [9.17, 15) is 0 Å². The number of hydrogen-bond acceptors (Lipinski definition) is 3. The summed E-state index contributed by atoms with van der Waals surface area (Å²) in [5, 5.41) is 17.9. The van der Waals surface area contributed by atoms with Gasteiger partial charge in [-0.3, -0.25) is 0 Å². The lowest BCUT2D eigenvalue weighted by Gasteiger charge is -2.05. The zero-order valence-electron chi connectivity index (χ0n) is 6.99. The summed E-state index contributed by atoms with van der Waals surface area (Å²) >= 11 is 0. The number of aryl methyl sites for hydroxylation is 1. The molecule has 4 heteroatoms. The SMILES string of the molecule is Cc1ccc(CN)cc1B(O)O. The lowest BCUT2D eigenvalue weighted by Crippen LogP contribution is -2.32. The van der Waals surface area contributed by atoms with Gasteiger partial charge in [0.1, 0.15) is 0 Å². The summed E-state index contributed by atoms with van der Waals surface area (Å²) in [7, 11) is -1.41. The maximum absolute atomic E-state index is 8.94. The predicted octanol–water partition coefficient (Wildman–Crippen LogP) is -0.866. The van der Waals surface area contributed by atoms with Crippen LogP contribution >= 0.6 is 0 Å². The second-order valence-electron chi connectivity index (χ2n) is 2.77. The van der Waals surface area contributed by atoms with E-state index in [2.05, 4.69) is 0 Å². The number of benzene rings is 1. The van der Waals surface area contributed by atoms with Crippen LogP contribution in [0.2, 0.25) is 0 Å². The third-order valence-electron chi connectivity index (χ3n) is 1.86. The molecule has 0 aliphatic carbocycles. The molecule has 0 saturated carbocycles. The molecule has 12 heavy (non-hydrogen) atoms. The predicted molar refractivity (Wildman–Crippen MR) is 48.9 cm³/mol. The van der Waals surface area contributed by atoms with Crippen molar-refractivity contribution in [3.05, 3.63) is 29.3 Å².